The Morgan fingerprint density at radius 3 is 2.57 bits per heavy atom. The number of hydrogen-bond acceptors (Lipinski definition) is 2. The topological polar surface area (TPSA) is 15.3 Å². The van der Waals surface area contributed by atoms with Crippen LogP contribution in [0, 0.1) is 18.7 Å². The van der Waals surface area contributed by atoms with Crippen LogP contribution in [0.15, 0.2) is 18.2 Å². The molecule has 0 bridgehead atoms. The standard InChI is InChI=1S/C17H27FN2.ClH/c1-4-5-14(3)17(20-10-8-19-9-11-20)15-12-13(2)6-7-16(15)18;/h6-7,12,14,17,19H,4-5,8-11H2,1-3H3;1H/t14?,17-;/m1./s1. The molecule has 0 amide bonds. The predicted octanol–water partition coefficient (Wildman–Crippen LogP) is 3.94. The van der Waals surface area contributed by atoms with E-state index in [1.54, 1.807) is 6.07 Å². The summed E-state index contributed by atoms with van der Waals surface area (Å²) in [5.74, 6) is 0.427. The van der Waals surface area contributed by atoms with Gasteiger partial charge in [-0.05, 0) is 25.3 Å². The number of halogens is 2. The molecule has 1 aliphatic rings. The molecule has 1 heterocycles. The lowest BCUT2D eigenvalue weighted by Gasteiger charge is -2.39. The molecular weight excluding hydrogens is 287 g/mol. The van der Waals surface area contributed by atoms with Crippen molar-refractivity contribution in [3.8, 4) is 0 Å². The van der Waals surface area contributed by atoms with Gasteiger partial charge in [-0.1, -0.05) is 38.0 Å². The summed E-state index contributed by atoms with van der Waals surface area (Å²) in [6, 6.07) is 5.72. The molecule has 1 unspecified atom stereocenters. The molecule has 1 saturated heterocycles. The van der Waals surface area contributed by atoms with Crippen molar-refractivity contribution in [1.82, 2.24) is 10.2 Å². The third-order valence-corrected chi connectivity index (χ3v) is 4.30. The van der Waals surface area contributed by atoms with Crippen LogP contribution in [0.5, 0.6) is 0 Å². The van der Waals surface area contributed by atoms with Crippen molar-refractivity contribution in [1.29, 1.82) is 0 Å². The highest BCUT2D eigenvalue weighted by atomic mass is 35.5. The fourth-order valence-electron chi connectivity index (χ4n) is 3.33. The number of aryl methyl sites for hydroxylation is 1. The van der Waals surface area contributed by atoms with Gasteiger partial charge in [0.05, 0.1) is 0 Å². The second-order valence-corrected chi connectivity index (χ2v) is 6.02. The lowest BCUT2D eigenvalue weighted by Crippen LogP contribution is -2.46. The van der Waals surface area contributed by atoms with Gasteiger partial charge in [0.15, 0.2) is 0 Å². The molecule has 0 aliphatic carbocycles. The smallest absolute Gasteiger partial charge is 0.128 e. The van der Waals surface area contributed by atoms with Gasteiger partial charge in [0.25, 0.3) is 0 Å². The average Bonchev–Trinajstić information content (AvgIpc) is 2.44. The maximum atomic E-state index is 14.3. The van der Waals surface area contributed by atoms with Gasteiger partial charge in [-0.25, -0.2) is 4.39 Å². The largest absolute Gasteiger partial charge is 0.314 e. The van der Waals surface area contributed by atoms with Crippen LogP contribution in [0.25, 0.3) is 0 Å². The van der Waals surface area contributed by atoms with Gasteiger partial charge in [-0.2, -0.15) is 0 Å². The third-order valence-electron chi connectivity index (χ3n) is 4.30. The Labute approximate surface area is 134 Å². The molecule has 1 fully saturated rings. The van der Waals surface area contributed by atoms with Gasteiger partial charge in [-0.15, -0.1) is 12.4 Å². The Hall–Kier alpha value is -0.640. The van der Waals surface area contributed by atoms with Gasteiger partial charge in [-0.3, -0.25) is 4.90 Å². The molecule has 1 N–H and O–H groups in total. The van der Waals surface area contributed by atoms with Gasteiger partial charge in [0.1, 0.15) is 5.82 Å². The van der Waals surface area contributed by atoms with E-state index in [0.29, 0.717) is 5.92 Å². The Kier molecular flexibility index (Phi) is 7.64. The van der Waals surface area contributed by atoms with Crippen LogP contribution in [-0.2, 0) is 0 Å². The Bertz CT molecular complexity index is 433. The lowest BCUT2D eigenvalue weighted by atomic mass is 9.88. The summed E-state index contributed by atoms with van der Waals surface area (Å²) in [5.41, 5.74) is 2.03. The van der Waals surface area contributed by atoms with Gasteiger partial charge in [0, 0.05) is 37.8 Å². The van der Waals surface area contributed by atoms with Crippen LogP contribution in [0.3, 0.4) is 0 Å². The molecule has 2 rings (SSSR count). The Morgan fingerprint density at radius 1 is 1.29 bits per heavy atom. The SMILES string of the molecule is CCCC(C)[C@H](c1cc(C)ccc1F)N1CCNCC1.Cl. The monoisotopic (exact) mass is 314 g/mol. The second kappa shape index (κ2) is 8.72. The number of piperazine rings is 1. The molecule has 1 aromatic carbocycles. The molecule has 2 atom stereocenters. The van der Waals surface area contributed by atoms with E-state index < -0.39 is 0 Å². The van der Waals surface area contributed by atoms with Gasteiger partial charge in [0.2, 0.25) is 0 Å². The number of benzene rings is 1. The third kappa shape index (κ3) is 4.67. The summed E-state index contributed by atoms with van der Waals surface area (Å²) < 4.78 is 14.3. The van der Waals surface area contributed by atoms with Crippen LogP contribution in [0.4, 0.5) is 4.39 Å². The summed E-state index contributed by atoms with van der Waals surface area (Å²) in [7, 11) is 0. The van der Waals surface area contributed by atoms with Crippen molar-refractivity contribution >= 4 is 12.4 Å². The highest BCUT2D eigenvalue weighted by Gasteiger charge is 2.28. The fourth-order valence-corrected chi connectivity index (χ4v) is 3.33. The first-order valence-corrected chi connectivity index (χ1v) is 7.84. The van der Waals surface area contributed by atoms with Crippen LogP contribution < -0.4 is 5.32 Å². The number of nitrogens with zero attached hydrogens (tertiary/aromatic N) is 1. The minimum Gasteiger partial charge on any atom is -0.314 e. The quantitative estimate of drug-likeness (QED) is 0.885. The number of nitrogens with one attached hydrogen (secondary N) is 1. The zero-order valence-electron chi connectivity index (χ0n) is 13.4. The molecule has 0 aromatic heterocycles. The summed E-state index contributed by atoms with van der Waals surface area (Å²) in [6.07, 6.45) is 2.29. The first-order chi connectivity index (χ1) is 9.63. The minimum absolute atomic E-state index is 0. The molecule has 1 aromatic rings. The van der Waals surface area contributed by atoms with E-state index in [0.717, 1.165) is 50.1 Å². The number of hydrogen-bond donors (Lipinski definition) is 1. The van der Waals surface area contributed by atoms with Crippen molar-refractivity contribution < 1.29 is 4.39 Å². The maximum absolute atomic E-state index is 14.3. The zero-order valence-corrected chi connectivity index (χ0v) is 14.2. The Balaban J connectivity index is 0.00000220. The summed E-state index contributed by atoms with van der Waals surface area (Å²) in [5, 5.41) is 3.38. The van der Waals surface area contributed by atoms with Gasteiger partial charge >= 0.3 is 0 Å². The lowest BCUT2D eigenvalue weighted by molar-refractivity contribution is 0.123. The van der Waals surface area contributed by atoms with E-state index in [-0.39, 0.29) is 24.3 Å². The van der Waals surface area contributed by atoms with Crippen molar-refractivity contribution in [2.24, 2.45) is 5.92 Å². The molecule has 2 nitrogen and oxygen atoms in total. The summed E-state index contributed by atoms with van der Waals surface area (Å²) in [6.45, 7) is 10.5. The molecule has 0 radical (unpaired) electrons. The number of rotatable bonds is 5. The predicted molar refractivity (Wildman–Crippen MR) is 89.6 cm³/mol. The van der Waals surface area contributed by atoms with Gasteiger partial charge < -0.3 is 5.32 Å². The molecule has 0 spiro atoms. The normalized spacial score (nSPS) is 18.9. The highest BCUT2D eigenvalue weighted by molar-refractivity contribution is 5.85. The van der Waals surface area contributed by atoms with Crippen molar-refractivity contribution in [3.63, 3.8) is 0 Å². The molecular formula is C17H28ClFN2. The van der Waals surface area contributed by atoms with E-state index in [4.69, 9.17) is 0 Å². The van der Waals surface area contributed by atoms with Crippen molar-refractivity contribution in [2.75, 3.05) is 26.2 Å². The van der Waals surface area contributed by atoms with E-state index >= 15 is 0 Å². The van der Waals surface area contributed by atoms with Crippen LogP contribution in [0.2, 0.25) is 0 Å². The van der Waals surface area contributed by atoms with E-state index in [9.17, 15) is 4.39 Å². The first-order valence-electron chi connectivity index (χ1n) is 7.84. The van der Waals surface area contributed by atoms with E-state index in [1.807, 2.05) is 19.1 Å². The van der Waals surface area contributed by atoms with Crippen molar-refractivity contribution in [3.05, 3.63) is 35.1 Å². The van der Waals surface area contributed by atoms with E-state index in [1.165, 1.54) is 0 Å². The molecule has 1 aliphatic heterocycles. The fraction of sp³-hybridized carbons (Fsp3) is 0.647. The summed E-state index contributed by atoms with van der Waals surface area (Å²) in [4.78, 5) is 2.45. The molecule has 0 saturated carbocycles. The van der Waals surface area contributed by atoms with E-state index in [2.05, 4.69) is 24.1 Å². The first kappa shape index (κ1) is 18.4. The van der Waals surface area contributed by atoms with Crippen molar-refractivity contribution in [2.45, 2.75) is 39.7 Å². The molecule has 21 heavy (non-hydrogen) atoms. The van der Waals surface area contributed by atoms with Crippen LogP contribution in [0.1, 0.15) is 43.9 Å². The summed E-state index contributed by atoms with van der Waals surface area (Å²) >= 11 is 0. The minimum atomic E-state index is -0.0536. The Morgan fingerprint density at radius 2 is 1.95 bits per heavy atom. The van der Waals surface area contributed by atoms with Crippen LogP contribution in [-0.4, -0.2) is 31.1 Å². The van der Waals surface area contributed by atoms with Crippen LogP contribution >= 0.6 is 12.4 Å². The maximum Gasteiger partial charge on any atom is 0.128 e. The molecule has 120 valence electrons. The molecule has 4 heteroatoms. The highest BCUT2D eigenvalue weighted by Crippen LogP contribution is 2.33. The second-order valence-electron chi connectivity index (χ2n) is 6.02. The average molecular weight is 315 g/mol. The zero-order chi connectivity index (χ0) is 14.5.